The van der Waals surface area contributed by atoms with Crippen LogP contribution in [-0.2, 0) is 19.9 Å². The quantitative estimate of drug-likeness (QED) is 0.693. The van der Waals surface area contributed by atoms with E-state index in [0.717, 1.165) is 16.7 Å². The van der Waals surface area contributed by atoms with Gasteiger partial charge < -0.3 is 9.64 Å². The molecule has 0 bridgehead atoms. The number of hydrogen-bond acceptors (Lipinski definition) is 4. The van der Waals surface area contributed by atoms with E-state index in [2.05, 4.69) is 10.9 Å². The smallest absolute Gasteiger partial charge is 0.411 e. The summed E-state index contributed by atoms with van der Waals surface area (Å²) in [6.07, 6.45) is 0.592. The second kappa shape index (κ2) is 9.64. The number of benzene rings is 2. The van der Waals surface area contributed by atoms with E-state index in [0.29, 0.717) is 19.4 Å². The van der Waals surface area contributed by atoms with Crippen LogP contribution in [0.5, 0.6) is 0 Å². The number of ether oxygens (including phenoxy) is 1. The van der Waals surface area contributed by atoms with Gasteiger partial charge in [0.05, 0.1) is 6.04 Å². The third kappa shape index (κ3) is 5.42. The highest BCUT2D eigenvalue weighted by Gasteiger charge is 2.43. The van der Waals surface area contributed by atoms with Crippen LogP contribution in [0.3, 0.4) is 0 Å². The average Bonchev–Trinajstić information content (AvgIpc) is 2.77. The number of amides is 3. The Labute approximate surface area is 182 Å². The van der Waals surface area contributed by atoms with Crippen molar-refractivity contribution in [2.75, 3.05) is 6.54 Å². The highest BCUT2D eigenvalue weighted by molar-refractivity contribution is 5.80. The zero-order valence-electron chi connectivity index (χ0n) is 18.2. The van der Waals surface area contributed by atoms with E-state index < -0.39 is 11.7 Å². The van der Waals surface area contributed by atoms with Gasteiger partial charge in [0.25, 0.3) is 0 Å². The topological polar surface area (TPSA) is 87.7 Å². The third-order valence-electron chi connectivity index (χ3n) is 5.73. The molecule has 1 aliphatic heterocycles. The highest BCUT2D eigenvalue weighted by atomic mass is 16.6. The van der Waals surface area contributed by atoms with E-state index in [1.165, 1.54) is 6.92 Å². The predicted octanol–water partition coefficient (Wildman–Crippen LogP) is 3.74. The van der Waals surface area contributed by atoms with Gasteiger partial charge in [0.15, 0.2) is 0 Å². The highest BCUT2D eigenvalue weighted by Crippen LogP contribution is 2.40. The Hall–Kier alpha value is -3.35. The second-order valence-corrected chi connectivity index (χ2v) is 7.99. The predicted molar refractivity (Wildman–Crippen MR) is 117 cm³/mol. The molecule has 31 heavy (non-hydrogen) atoms. The van der Waals surface area contributed by atoms with Crippen molar-refractivity contribution in [3.63, 3.8) is 0 Å². The molecule has 0 unspecified atom stereocenters. The lowest BCUT2D eigenvalue weighted by Crippen LogP contribution is -2.49. The van der Waals surface area contributed by atoms with Crippen LogP contribution in [0.4, 0.5) is 4.79 Å². The first-order valence-corrected chi connectivity index (χ1v) is 10.5. The molecule has 2 N–H and O–H groups in total. The zero-order chi connectivity index (χ0) is 22.4. The van der Waals surface area contributed by atoms with Crippen molar-refractivity contribution >= 4 is 17.9 Å². The number of rotatable bonds is 6. The Morgan fingerprint density at radius 3 is 2.39 bits per heavy atom. The Bertz CT molecular complexity index is 930. The molecule has 164 valence electrons. The maximum Gasteiger partial charge on any atom is 0.411 e. The van der Waals surface area contributed by atoms with E-state index in [9.17, 15) is 14.4 Å². The summed E-state index contributed by atoms with van der Waals surface area (Å²) in [5, 5.41) is 0. The van der Waals surface area contributed by atoms with Gasteiger partial charge in [-0.2, -0.15) is 0 Å². The summed E-state index contributed by atoms with van der Waals surface area (Å²) in [4.78, 5) is 38.0. The van der Waals surface area contributed by atoms with Crippen molar-refractivity contribution in [1.29, 1.82) is 0 Å². The third-order valence-corrected chi connectivity index (χ3v) is 5.73. The molecular formula is C24H29N3O4. The van der Waals surface area contributed by atoms with Gasteiger partial charge in [-0.15, -0.1) is 0 Å². The van der Waals surface area contributed by atoms with Crippen LogP contribution < -0.4 is 10.9 Å². The molecule has 0 aromatic heterocycles. The van der Waals surface area contributed by atoms with Crippen molar-refractivity contribution in [1.82, 2.24) is 15.8 Å². The number of nitrogens with zero attached hydrogens (tertiary/aromatic N) is 1. The monoisotopic (exact) mass is 423 g/mol. The van der Waals surface area contributed by atoms with Crippen LogP contribution >= 0.6 is 0 Å². The summed E-state index contributed by atoms with van der Waals surface area (Å²) in [6, 6.07) is 17.5. The summed E-state index contributed by atoms with van der Waals surface area (Å²) < 4.78 is 6.03. The molecule has 3 rings (SSSR count). The van der Waals surface area contributed by atoms with E-state index in [-0.39, 0.29) is 24.3 Å². The SMILES string of the molecule is CC(=O)NNC(=O)CC[C@]1(c2ccccc2)CCN([C@@H](C)c2ccc(C)cc2)C(=O)O1. The lowest BCUT2D eigenvalue weighted by Gasteiger charge is -2.43. The van der Waals surface area contributed by atoms with Gasteiger partial charge in [0.2, 0.25) is 11.8 Å². The number of aryl methyl sites for hydroxylation is 1. The molecule has 2 aromatic carbocycles. The van der Waals surface area contributed by atoms with E-state index >= 15 is 0 Å². The zero-order valence-corrected chi connectivity index (χ0v) is 18.2. The van der Waals surface area contributed by atoms with Gasteiger partial charge >= 0.3 is 6.09 Å². The van der Waals surface area contributed by atoms with E-state index in [1.54, 1.807) is 4.90 Å². The molecule has 0 saturated carbocycles. The van der Waals surface area contributed by atoms with E-state index in [1.807, 2.05) is 68.4 Å². The summed E-state index contributed by atoms with van der Waals surface area (Å²) in [5.41, 5.74) is 6.83. The van der Waals surface area contributed by atoms with Crippen LogP contribution in [-0.4, -0.2) is 29.4 Å². The van der Waals surface area contributed by atoms with Gasteiger partial charge in [-0.05, 0) is 25.0 Å². The first kappa shape index (κ1) is 22.3. The Balaban J connectivity index is 1.75. The fourth-order valence-corrected chi connectivity index (χ4v) is 3.85. The summed E-state index contributed by atoms with van der Waals surface area (Å²) >= 11 is 0. The number of hydrazine groups is 1. The van der Waals surface area contributed by atoms with Crippen molar-refractivity contribution in [2.24, 2.45) is 0 Å². The first-order chi connectivity index (χ1) is 14.8. The van der Waals surface area contributed by atoms with Gasteiger partial charge in [-0.3, -0.25) is 20.4 Å². The number of nitrogens with one attached hydrogen (secondary N) is 2. The number of carbonyl (C=O) groups excluding carboxylic acids is 3. The number of hydrogen-bond donors (Lipinski definition) is 2. The van der Waals surface area contributed by atoms with Gasteiger partial charge in [0.1, 0.15) is 5.60 Å². The van der Waals surface area contributed by atoms with E-state index in [4.69, 9.17) is 4.74 Å². The number of carbonyl (C=O) groups is 3. The van der Waals surface area contributed by atoms with Crippen LogP contribution in [0, 0.1) is 6.92 Å². The molecule has 0 aliphatic carbocycles. The minimum Gasteiger partial charge on any atom is -0.438 e. The largest absolute Gasteiger partial charge is 0.438 e. The number of cyclic esters (lactones) is 1. The maximum absolute atomic E-state index is 13.1. The lowest BCUT2D eigenvalue weighted by atomic mass is 9.84. The molecular weight excluding hydrogens is 394 g/mol. The van der Waals surface area contributed by atoms with Crippen LogP contribution in [0.2, 0.25) is 0 Å². The first-order valence-electron chi connectivity index (χ1n) is 10.5. The molecule has 1 aliphatic rings. The Morgan fingerprint density at radius 2 is 1.77 bits per heavy atom. The molecule has 0 radical (unpaired) electrons. The fraction of sp³-hybridized carbons (Fsp3) is 0.375. The lowest BCUT2D eigenvalue weighted by molar-refractivity contribution is -0.129. The molecule has 1 saturated heterocycles. The van der Waals surface area contributed by atoms with Crippen molar-refractivity contribution in [3.05, 3.63) is 71.3 Å². The minimum atomic E-state index is -0.893. The summed E-state index contributed by atoms with van der Waals surface area (Å²) in [5.74, 6) is -0.687. The maximum atomic E-state index is 13.1. The second-order valence-electron chi connectivity index (χ2n) is 7.99. The molecule has 3 amide bonds. The van der Waals surface area contributed by atoms with Crippen molar-refractivity contribution in [3.8, 4) is 0 Å². The fourth-order valence-electron chi connectivity index (χ4n) is 3.85. The normalized spacial score (nSPS) is 19.3. The van der Waals surface area contributed by atoms with Gasteiger partial charge in [-0.25, -0.2) is 4.79 Å². The van der Waals surface area contributed by atoms with Crippen molar-refractivity contribution in [2.45, 2.75) is 51.7 Å². The molecule has 1 heterocycles. The molecule has 2 aromatic rings. The molecule has 7 nitrogen and oxygen atoms in total. The molecule has 7 heteroatoms. The average molecular weight is 424 g/mol. The molecule has 0 spiro atoms. The Kier molecular flexibility index (Phi) is 6.95. The van der Waals surface area contributed by atoms with Gasteiger partial charge in [0, 0.05) is 32.7 Å². The Morgan fingerprint density at radius 1 is 1.10 bits per heavy atom. The summed E-state index contributed by atoms with van der Waals surface area (Å²) in [6.45, 7) is 5.84. The minimum absolute atomic E-state index is 0.107. The van der Waals surface area contributed by atoms with Crippen LogP contribution in [0.25, 0.3) is 0 Å². The standard InChI is InChI=1S/C24H29N3O4/c1-17-9-11-20(12-10-17)18(2)27-16-15-24(31-23(27)30,21-7-5-4-6-8-21)14-13-22(29)26-25-19(3)28/h4-12,18H,13-16H2,1-3H3,(H,25,28)(H,26,29)/t18-,24+/m0/s1. The molecule has 1 fully saturated rings. The molecule has 2 atom stereocenters. The van der Waals surface area contributed by atoms with Gasteiger partial charge in [-0.1, -0.05) is 60.2 Å². The van der Waals surface area contributed by atoms with Crippen LogP contribution in [0.1, 0.15) is 55.8 Å². The summed E-state index contributed by atoms with van der Waals surface area (Å²) in [7, 11) is 0. The van der Waals surface area contributed by atoms with Crippen LogP contribution in [0.15, 0.2) is 54.6 Å². The van der Waals surface area contributed by atoms with Crippen molar-refractivity contribution < 1.29 is 19.1 Å².